The summed E-state index contributed by atoms with van der Waals surface area (Å²) in [6, 6.07) is 9.93. The summed E-state index contributed by atoms with van der Waals surface area (Å²) in [5, 5.41) is 0.121. The Balaban J connectivity index is 1.21. The van der Waals surface area contributed by atoms with Crippen molar-refractivity contribution in [1.82, 2.24) is 0 Å². The molecule has 0 unspecified atom stereocenters. The number of hydrogen-bond donors (Lipinski definition) is 0. The third-order valence-corrected chi connectivity index (χ3v) is 18.1. The van der Waals surface area contributed by atoms with E-state index in [1.807, 2.05) is 50.3 Å². The summed E-state index contributed by atoms with van der Waals surface area (Å²) < 4.78 is 52.2. The number of rotatable bonds is 19. The van der Waals surface area contributed by atoms with Gasteiger partial charge >= 0.3 is 5.97 Å². The summed E-state index contributed by atoms with van der Waals surface area (Å²) in [6.07, 6.45) is 6.12. The molecular formula is C46H69IO10Si. The highest BCUT2D eigenvalue weighted by Gasteiger charge is 2.58. The molecule has 4 aliphatic rings. The van der Waals surface area contributed by atoms with Crippen molar-refractivity contribution in [2.45, 2.75) is 191 Å². The summed E-state index contributed by atoms with van der Waals surface area (Å²) >= 11 is 2.34. The number of carbonyl (C=O) groups is 2. The lowest BCUT2D eigenvalue weighted by Gasteiger charge is -2.47. The van der Waals surface area contributed by atoms with Gasteiger partial charge in [-0.2, -0.15) is 0 Å². The minimum atomic E-state index is -1.97. The van der Waals surface area contributed by atoms with Crippen LogP contribution in [0.3, 0.4) is 0 Å². The summed E-state index contributed by atoms with van der Waals surface area (Å²) in [4.78, 5) is 25.6. The maximum Gasteiger partial charge on any atom is 0.308 e. The van der Waals surface area contributed by atoms with E-state index in [1.54, 1.807) is 6.08 Å². The minimum Gasteiger partial charge on any atom is -0.469 e. The van der Waals surface area contributed by atoms with Crippen LogP contribution in [0.1, 0.15) is 105 Å². The Morgan fingerprint density at radius 1 is 1.02 bits per heavy atom. The summed E-state index contributed by atoms with van der Waals surface area (Å²) in [5.74, 6) is -0.853. The average molecular weight is 937 g/mol. The van der Waals surface area contributed by atoms with E-state index < -0.39 is 44.6 Å². The van der Waals surface area contributed by atoms with Gasteiger partial charge in [0.1, 0.15) is 30.5 Å². The molecule has 1 aromatic rings. The van der Waals surface area contributed by atoms with Gasteiger partial charge in [0.25, 0.3) is 0 Å². The molecule has 0 aromatic heterocycles. The number of ketones is 1. The van der Waals surface area contributed by atoms with Crippen LogP contribution in [0.5, 0.6) is 0 Å². The quantitative estimate of drug-likeness (QED) is 0.0438. The first-order valence-electron chi connectivity index (χ1n) is 21.2. The Morgan fingerprint density at radius 3 is 2.40 bits per heavy atom. The number of allylic oxidation sites excluding steroid dienone is 2. The molecule has 0 bridgehead atoms. The fraction of sp³-hybridized carbons (Fsp3) is 0.696. The zero-order chi connectivity index (χ0) is 42.4. The van der Waals surface area contributed by atoms with Crippen LogP contribution in [0.15, 0.2) is 64.8 Å². The highest BCUT2D eigenvalue weighted by atomic mass is 127. The molecule has 12 heteroatoms. The van der Waals surface area contributed by atoms with Crippen molar-refractivity contribution in [3.05, 3.63) is 70.4 Å². The predicted molar refractivity (Wildman–Crippen MR) is 236 cm³/mol. The van der Waals surface area contributed by atoms with Gasteiger partial charge in [-0.3, -0.25) is 9.59 Å². The fourth-order valence-electron chi connectivity index (χ4n) is 8.15. The molecule has 0 saturated carbocycles. The molecule has 0 aliphatic carbocycles. The van der Waals surface area contributed by atoms with Gasteiger partial charge in [0.15, 0.2) is 19.9 Å². The molecule has 4 heterocycles. The van der Waals surface area contributed by atoms with Crippen LogP contribution in [-0.2, 0) is 53.8 Å². The normalized spacial score (nSPS) is 30.1. The van der Waals surface area contributed by atoms with Crippen molar-refractivity contribution < 1.29 is 47.2 Å². The molecule has 4 saturated heterocycles. The Bertz CT molecular complexity index is 1590. The largest absolute Gasteiger partial charge is 0.469 e. The van der Waals surface area contributed by atoms with E-state index in [0.29, 0.717) is 38.2 Å². The van der Waals surface area contributed by atoms with Crippen molar-refractivity contribution >= 4 is 42.7 Å². The van der Waals surface area contributed by atoms with Gasteiger partial charge in [-0.15, -0.1) is 0 Å². The van der Waals surface area contributed by atoms with E-state index in [4.69, 9.17) is 37.6 Å². The summed E-state index contributed by atoms with van der Waals surface area (Å²) in [6.45, 7) is 26.3. The first-order chi connectivity index (χ1) is 27.2. The van der Waals surface area contributed by atoms with E-state index in [-0.39, 0.29) is 53.7 Å². The Labute approximate surface area is 362 Å². The fourth-order valence-corrected chi connectivity index (χ4v) is 9.81. The highest BCUT2D eigenvalue weighted by molar-refractivity contribution is 14.1. The number of ether oxygens (including phenoxy) is 7. The van der Waals surface area contributed by atoms with E-state index in [1.165, 1.54) is 7.11 Å². The van der Waals surface area contributed by atoms with Crippen molar-refractivity contribution in [2.24, 2.45) is 5.92 Å². The molecule has 5 rings (SSSR count). The maximum absolute atomic E-state index is 13.5. The van der Waals surface area contributed by atoms with Gasteiger partial charge in [0.2, 0.25) is 0 Å². The summed E-state index contributed by atoms with van der Waals surface area (Å²) in [7, 11) is -0.588. The lowest BCUT2D eigenvalue weighted by molar-refractivity contribution is -0.254. The SMILES string of the molecule is C=C(I)[C@H](C)C[C@@H](CC[C@@H]1O[C@@H](CCC(=O)/C=C/[C@H](OCc2ccccc2)[C@@H]2O[C@H]3CC[C@H](CC(=O)OC)O[C@@H]3[C@@H]3OC(C)(C)O[C@@H]32)CC1=C)O[Si](C)(C)C(C)(C)C. The zero-order valence-electron chi connectivity index (χ0n) is 36.3. The average Bonchev–Trinajstić information content (AvgIpc) is 3.69. The third-order valence-electron chi connectivity index (χ3n) is 12.5. The Morgan fingerprint density at radius 2 is 1.72 bits per heavy atom. The number of carbonyl (C=O) groups excluding carboxylic acids is 2. The Hall–Kier alpha value is -1.75. The molecule has 0 amide bonds. The second-order valence-electron chi connectivity index (χ2n) is 18.7. The first kappa shape index (κ1) is 47.3. The lowest BCUT2D eigenvalue weighted by Crippen LogP contribution is -2.62. The number of hydrogen-bond acceptors (Lipinski definition) is 10. The molecule has 4 aliphatic heterocycles. The molecule has 0 spiro atoms. The van der Waals surface area contributed by atoms with Gasteiger partial charge in [-0.05, 0) is 132 Å². The topological polar surface area (TPSA) is 108 Å². The molecule has 324 valence electrons. The van der Waals surface area contributed by atoms with E-state index >= 15 is 0 Å². The molecule has 11 atom stereocenters. The maximum atomic E-state index is 13.5. The van der Waals surface area contributed by atoms with Crippen LogP contribution in [0.2, 0.25) is 18.1 Å². The Kier molecular flexibility index (Phi) is 16.6. The lowest BCUT2D eigenvalue weighted by atomic mass is 9.87. The molecule has 0 N–H and O–H groups in total. The van der Waals surface area contributed by atoms with Crippen LogP contribution >= 0.6 is 22.6 Å². The second kappa shape index (κ2) is 20.4. The van der Waals surface area contributed by atoms with Gasteiger partial charge < -0.3 is 37.6 Å². The van der Waals surface area contributed by atoms with Crippen molar-refractivity contribution in [1.29, 1.82) is 0 Å². The zero-order valence-corrected chi connectivity index (χ0v) is 39.5. The van der Waals surface area contributed by atoms with E-state index in [0.717, 1.165) is 40.4 Å². The van der Waals surface area contributed by atoms with Crippen LogP contribution in [0.25, 0.3) is 0 Å². The molecular weight excluding hydrogens is 867 g/mol. The highest BCUT2D eigenvalue weighted by Crippen LogP contribution is 2.44. The van der Waals surface area contributed by atoms with Gasteiger partial charge in [-0.25, -0.2) is 0 Å². The van der Waals surface area contributed by atoms with Gasteiger partial charge in [0, 0.05) is 12.5 Å². The van der Waals surface area contributed by atoms with Crippen LogP contribution < -0.4 is 0 Å². The van der Waals surface area contributed by atoms with Crippen LogP contribution in [0.4, 0.5) is 0 Å². The van der Waals surface area contributed by atoms with Gasteiger partial charge in [0.05, 0.1) is 44.6 Å². The summed E-state index contributed by atoms with van der Waals surface area (Å²) in [5.41, 5.74) is 2.09. The number of methoxy groups -OCH3 is 1. The standard InChI is InChI=1S/C46H69IO10Si/c1-29(31(3)47)25-36(57-58(10,11)45(4,5)6)21-23-37-30(2)26-34(52-37)19-17-33(48)18-22-38(51-28-32-15-13-12-14-16-32)41-43-44(56-46(7,8)55-43)42-39(54-41)24-20-35(53-42)27-40(49)50-9/h12-16,18,22,29,34-39,41-44H,2-3,17,19-21,23-28H2,1,4-11H3/b22-18+/t29-,34+,35-,36-,37+,38+,39+,41+,42+,43-,44+/m1/s1. The van der Waals surface area contributed by atoms with E-state index in [2.05, 4.69) is 76.5 Å². The molecule has 1 aromatic carbocycles. The predicted octanol–water partition coefficient (Wildman–Crippen LogP) is 9.73. The third kappa shape index (κ3) is 12.9. The van der Waals surface area contributed by atoms with Crippen molar-refractivity contribution in [2.75, 3.05) is 7.11 Å². The molecule has 10 nitrogen and oxygen atoms in total. The molecule has 0 radical (unpaired) electrons. The molecule has 58 heavy (non-hydrogen) atoms. The van der Waals surface area contributed by atoms with Crippen LogP contribution in [0, 0.1) is 5.92 Å². The molecule has 4 fully saturated rings. The van der Waals surface area contributed by atoms with Gasteiger partial charge in [-0.1, -0.05) is 71.2 Å². The van der Waals surface area contributed by atoms with Crippen LogP contribution in [-0.4, -0.2) is 94.0 Å². The number of benzene rings is 1. The minimum absolute atomic E-state index is 0.0115. The second-order valence-corrected chi connectivity index (χ2v) is 24.8. The number of halogens is 1. The van der Waals surface area contributed by atoms with Crippen molar-refractivity contribution in [3.8, 4) is 0 Å². The number of fused-ring (bicyclic) bond motifs is 3. The van der Waals surface area contributed by atoms with Crippen molar-refractivity contribution in [3.63, 3.8) is 0 Å². The first-order valence-corrected chi connectivity index (χ1v) is 25.2. The monoisotopic (exact) mass is 936 g/mol. The smallest absolute Gasteiger partial charge is 0.308 e. The van der Waals surface area contributed by atoms with E-state index in [9.17, 15) is 9.59 Å². The number of esters is 1.